The summed E-state index contributed by atoms with van der Waals surface area (Å²) in [6.07, 6.45) is 7.70. The van der Waals surface area contributed by atoms with E-state index in [4.69, 9.17) is 9.72 Å². The lowest BCUT2D eigenvalue weighted by Crippen LogP contribution is -2.33. The van der Waals surface area contributed by atoms with Crippen LogP contribution in [0.4, 0.5) is 14.5 Å². The fourth-order valence-electron chi connectivity index (χ4n) is 4.44. The molecular formula is C29H24F2N6O5S. The summed E-state index contributed by atoms with van der Waals surface area (Å²) in [5.41, 5.74) is 3.21. The first-order valence-electron chi connectivity index (χ1n) is 12.9. The number of methoxy groups -OCH3 is 1. The van der Waals surface area contributed by atoms with Crippen LogP contribution >= 0.6 is 0 Å². The van der Waals surface area contributed by atoms with Crippen molar-refractivity contribution in [3.8, 4) is 17.1 Å². The number of sulfonamides is 1. The number of amides is 1. The number of hydrogen-bond donors (Lipinski definition) is 1. The number of benzene rings is 1. The molecule has 14 heteroatoms. The second-order valence-corrected chi connectivity index (χ2v) is 11.1. The van der Waals surface area contributed by atoms with Gasteiger partial charge in [-0.05, 0) is 55.3 Å². The SMILES string of the molecule is COc1ncc(-c2ccc3ncnc(C4=CCN(C(=O)/C=C/C(C)=O)CC4)c3n2)cc1NS(=O)(=O)c1ccc(F)cc1F. The van der Waals surface area contributed by atoms with Gasteiger partial charge >= 0.3 is 0 Å². The van der Waals surface area contributed by atoms with Crippen molar-refractivity contribution in [3.63, 3.8) is 0 Å². The van der Waals surface area contributed by atoms with Crippen molar-refractivity contribution in [2.45, 2.75) is 18.2 Å². The molecule has 1 aromatic carbocycles. The Morgan fingerprint density at radius 1 is 1.07 bits per heavy atom. The van der Waals surface area contributed by atoms with Crippen molar-refractivity contribution in [3.05, 3.63) is 84.5 Å². The van der Waals surface area contributed by atoms with Gasteiger partial charge in [-0.15, -0.1) is 0 Å². The molecule has 0 saturated carbocycles. The Balaban J connectivity index is 1.47. The number of fused-ring (bicyclic) bond motifs is 1. The number of ketones is 1. The molecule has 0 fully saturated rings. The van der Waals surface area contributed by atoms with E-state index < -0.39 is 26.6 Å². The molecule has 1 N–H and O–H groups in total. The molecule has 3 aromatic heterocycles. The number of ether oxygens (including phenoxy) is 1. The van der Waals surface area contributed by atoms with Gasteiger partial charge in [0.15, 0.2) is 5.78 Å². The highest BCUT2D eigenvalue weighted by Gasteiger charge is 2.23. The summed E-state index contributed by atoms with van der Waals surface area (Å²) in [5.74, 6) is -2.73. The van der Waals surface area contributed by atoms with Crippen molar-refractivity contribution in [1.82, 2.24) is 24.8 Å². The zero-order valence-electron chi connectivity index (χ0n) is 22.9. The maximum absolute atomic E-state index is 14.3. The molecular weight excluding hydrogens is 582 g/mol. The summed E-state index contributed by atoms with van der Waals surface area (Å²) in [6, 6.07) is 6.97. The molecule has 43 heavy (non-hydrogen) atoms. The molecule has 0 aliphatic carbocycles. The Kier molecular flexibility index (Phi) is 8.21. The standard InChI is InChI=1S/C29H24F2N6O5S/c1-17(38)3-8-26(39)37-11-9-18(10-12-37)27-28-23(33-16-34-27)6-5-22(35-28)19-13-24(29(42-2)32-15-19)36-43(40,41)25-7-4-20(30)14-21(25)31/h3-9,13-16,36H,10-12H2,1-2H3/b8-3+. The first-order valence-corrected chi connectivity index (χ1v) is 14.3. The Hall–Kier alpha value is -5.11. The number of aromatic nitrogens is 4. The van der Waals surface area contributed by atoms with Crippen LogP contribution in [0.2, 0.25) is 0 Å². The molecule has 4 aromatic rings. The fourth-order valence-corrected chi connectivity index (χ4v) is 5.54. The summed E-state index contributed by atoms with van der Waals surface area (Å²) in [5, 5.41) is 0. The topological polar surface area (TPSA) is 144 Å². The number of carbonyl (C=O) groups excluding carboxylic acids is 2. The average molecular weight is 607 g/mol. The van der Waals surface area contributed by atoms with Gasteiger partial charge in [0.2, 0.25) is 11.8 Å². The number of nitrogens with zero attached hydrogens (tertiary/aromatic N) is 5. The Morgan fingerprint density at radius 3 is 2.58 bits per heavy atom. The lowest BCUT2D eigenvalue weighted by atomic mass is 10.0. The van der Waals surface area contributed by atoms with E-state index in [1.165, 1.54) is 44.8 Å². The van der Waals surface area contributed by atoms with E-state index in [1.54, 1.807) is 17.0 Å². The highest BCUT2D eigenvalue weighted by atomic mass is 32.2. The number of allylic oxidation sites excluding steroid dienone is 1. The predicted molar refractivity (Wildman–Crippen MR) is 153 cm³/mol. The lowest BCUT2D eigenvalue weighted by Gasteiger charge is -2.25. The highest BCUT2D eigenvalue weighted by molar-refractivity contribution is 7.92. The third-order valence-corrected chi connectivity index (χ3v) is 7.93. The van der Waals surface area contributed by atoms with Crippen molar-refractivity contribution < 1.29 is 31.5 Å². The summed E-state index contributed by atoms with van der Waals surface area (Å²) < 4.78 is 61.0. The Bertz CT molecular complexity index is 1930. The molecule has 0 bridgehead atoms. The van der Waals surface area contributed by atoms with E-state index in [9.17, 15) is 26.8 Å². The summed E-state index contributed by atoms with van der Waals surface area (Å²) >= 11 is 0. The summed E-state index contributed by atoms with van der Waals surface area (Å²) in [4.78, 5) is 42.0. The lowest BCUT2D eigenvalue weighted by molar-refractivity contribution is -0.126. The van der Waals surface area contributed by atoms with Gasteiger partial charge in [0.05, 0.1) is 24.0 Å². The highest BCUT2D eigenvalue weighted by Crippen LogP contribution is 2.32. The normalized spacial score (nSPS) is 13.7. The fraction of sp³-hybridized carbons (Fsp3) is 0.172. The molecule has 5 rings (SSSR count). The van der Waals surface area contributed by atoms with E-state index in [1.807, 2.05) is 6.08 Å². The van der Waals surface area contributed by atoms with Crippen LogP contribution in [-0.2, 0) is 19.6 Å². The zero-order chi connectivity index (χ0) is 30.7. The van der Waals surface area contributed by atoms with Gasteiger partial charge in [0.1, 0.15) is 34.1 Å². The van der Waals surface area contributed by atoms with Gasteiger partial charge in [-0.1, -0.05) is 6.08 Å². The van der Waals surface area contributed by atoms with Crippen LogP contribution in [0, 0.1) is 11.6 Å². The number of pyridine rings is 2. The monoisotopic (exact) mass is 606 g/mol. The van der Waals surface area contributed by atoms with Gasteiger partial charge in [0, 0.05) is 37.0 Å². The molecule has 1 amide bonds. The third kappa shape index (κ3) is 6.38. The van der Waals surface area contributed by atoms with Crippen LogP contribution in [-0.4, -0.2) is 65.1 Å². The maximum atomic E-state index is 14.3. The minimum atomic E-state index is -4.48. The smallest absolute Gasteiger partial charge is 0.264 e. The van der Waals surface area contributed by atoms with Gasteiger partial charge in [0.25, 0.3) is 10.0 Å². The minimum absolute atomic E-state index is 0.0794. The van der Waals surface area contributed by atoms with E-state index in [2.05, 4.69) is 19.7 Å². The molecule has 0 saturated heterocycles. The number of carbonyl (C=O) groups is 2. The van der Waals surface area contributed by atoms with Gasteiger partial charge in [-0.25, -0.2) is 37.1 Å². The van der Waals surface area contributed by atoms with Crippen LogP contribution in [0.3, 0.4) is 0 Å². The number of anilines is 1. The predicted octanol–water partition coefficient (Wildman–Crippen LogP) is 3.94. The maximum Gasteiger partial charge on any atom is 0.264 e. The van der Waals surface area contributed by atoms with Crippen molar-refractivity contribution in [1.29, 1.82) is 0 Å². The largest absolute Gasteiger partial charge is 0.480 e. The minimum Gasteiger partial charge on any atom is -0.480 e. The van der Waals surface area contributed by atoms with Crippen molar-refractivity contribution in [2.75, 3.05) is 24.9 Å². The molecule has 1 aliphatic rings. The van der Waals surface area contributed by atoms with E-state index >= 15 is 0 Å². The molecule has 0 unspecified atom stereocenters. The number of halogens is 2. The van der Waals surface area contributed by atoms with Crippen molar-refractivity contribution >= 4 is 44.0 Å². The first kappa shape index (κ1) is 29.4. The number of hydrogen-bond acceptors (Lipinski definition) is 9. The van der Waals surface area contributed by atoms with Crippen LogP contribution in [0.25, 0.3) is 27.9 Å². The second-order valence-electron chi connectivity index (χ2n) is 9.46. The Labute approximate surface area is 245 Å². The van der Waals surface area contributed by atoms with E-state index in [0.29, 0.717) is 53.6 Å². The molecule has 0 radical (unpaired) electrons. The zero-order valence-corrected chi connectivity index (χ0v) is 23.7. The second kappa shape index (κ2) is 12.0. The molecule has 1 aliphatic heterocycles. The quantitative estimate of drug-likeness (QED) is 0.295. The van der Waals surface area contributed by atoms with Crippen LogP contribution in [0.5, 0.6) is 5.88 Å². The van der Waals surface area contributed by atoms with Crippen LogP contribution in [0.15, 0.2) is 72.0 Å². The van der Waals surface area contributed by atoms with Gasteiger partial charge < -0.3 is 9.64 Å². The van der Waals surface area contributed by atoms with Crippen LogP contribution < -0.4 is 9.46 Å². The number of nitrogens with one attached hydrogen (secondary N) is 1. The van der Waals surface area contributed by atoms with E-state index in [-0.39, 0.29) is 23.3 Å². The molecule has 11 nitrogen and oxygen atoms in total. The molecule has 4 heterocycles. The average Bonchev–Trinajstić information content (AvgIpc) is 2.99. The molecule has 0 atom stereocenters. The first-order chi connectivity index (χ1) is 20.6. The Morgan fingerprint density at radius 2 is 1.88 bits per heavy atom. The third-order valence-electron chi connectivity index (χ3n) is 6.54. The van der Waals surface area contributed by atoms with Gasteiger partial charge in [-0.2, -0.15) is 0 Å². The van der Waals surface area contributed by atoms with Crippen LogP contribution in [0.1, 0.15) is 19.0 Å². The summed E-state index contributed by atoms with van der Waals surface area (Å²) in [6.45, 7) is 2.11. The van der Waals surface area contributed by atoms with E-state index in [0.717, 1.165) is 17.7 Å². The van der Waals surface area contributed by atoms with Crippen molar-refractivity contribution in [2.24, 2.45) is 0 Å². The summed E-state index contributed by atoms with van der Waals surface area (Å²) in [7, 11) is -3.18. The molecule has 0 spiro atoms. The number of rotatable bonds is 8. The van der Waals surface area contributed by atoms with Gasteiger partial charge in [-0.3, -0.25) is 14.3 Å². The molecule has 220 valence electrons.